The Morgan fingerprint density at radius 2 is 2.04 bits per heavy atom. The molecule has 9 heteroatoms. The van der Waals surface area contributed by atoms with Crippen LogP contribution in [0.1, 0.15) is 5.56 Å². The summed E-state index contributed by atoms with van der Waals surface area (Å²) in [6, 6.07) is 10.6. The number of nitro groups is 1. The van der Waals surface area contributed by atoms with Gasteiger partial charge in [-0.1, -0.05) is 11.6 Å². The van der Waals surface area contributed by atoms with Gasteiger partial charge in [0.15, 0.2) is 6.61 Å². The second-order valence-electron chi connectivity index (χ2n) is 4.55. The Labute approximate surface area is 141 Å². The van der Waals surface area contributed by atoms with E-state index in [0.29, 0.717) is 11.3 Å². The number of ether oxygens (including phenoxy) is 1. The number of anilines is 1. The Kier molecular flexibility index (Phi) is 5.69. The van der Waals surface area contributed by atoms with E-state index in [0.717, 1.165) is 0 Å². The lowest BCUT2D eigenvalue weighted by Gasteiger charge is -2.06. The summed E-state index contributed by atoms with van der Waals surface area (Å²) in [6.45, 7) is -0.477. The van der Waals surface area contributed by atoms with Crippen LogP contribution in [0, 0.1) is 10.1 Å². The first-order chi connectivity index (χ1) is 11.5. The maximum absolute atomic E-state index is 10.6. The van der Waals surface area contributed by atoms with Crippen molar-refractivity contribution in [2.24, 2.45) is 5.10 Å². The molecule has 0 heterocycles. The fourth-order valence-electron chi connectivity index (χ4n) is 1.69. The van der Waals surface area contributed by atoms with Crippen LogP contribution in [0.4, 0.5) is 11.4 Å². The quantitative estimate of drug-likeness (QED) is 0.451. The van der Waals surface area contributed by atoms with Crippen LogP contribution in [0.5, 0.6) is 5.75 Å². The van der Waals surface area contributed by atoms with Crippen molar-refractivity contribution in [3.8, 4) is 5.75 Å². The third kappa shape index (κ3) is 4.96. The zero-order chi connectivity index (χ0) is 17.5. The maximum Gasteiger partial charge on any atom is 0.341 e. The largest absolute Gasteiger partial charge is 0.480 e. The highest BCUT2D eigenvalue weighted by Crippen LogP contribution is 2.25. The highest BCUT2D eigenvalue weighted by molar-refractivity contribution is 6.32. The Morgan fingerprint density at radius 1 is 1.33 bits per heavy atom. The summed E-state index contributed by atoms with van der Waals surface area (Å²) < 4.78 is 5.01. The smallest absolute Gasteiger partial charge is 0.341 e. The number of non-ortho nitro benzene ring substituents is 1. The molecule has 0 aliphatic heterocycles. The fraction of sp³-hybridized carbons (Fsp3) is 0.0667. The third-order valence-electron chi connectivity index (χ3n) is 2.79. The first-order valence-corrected chi connectivity index (χ1v) is 7.01. The average Bonchev–Trinajstić information content (AvgIpc) is 2.54. The van der Waals surface area contributed by atoms with Crippen LogP contribution in [-0.4, -0.2) is 28.8 Å². The van der Waals surface area contributed by atoms with Gasteiger partial charge in [-0.05, 0) is 35.9 Å². The van der Waals surface area contributed by atoms with Gasteiger partial charge in [0.25, 0.3) is 5.69 Å². The summed E-state index contributed by atoms with van der Waals surface area (Å²) in [6.07, 6.45) is 1.49. The van der Waals surface area contributed by atoms with Crippen molar-refractivity contribution in [3.05, 3.63) is 63.2 Å². The van der Waals surface area contributed by atoms with E-state index in [4.69, 9.17) is 21.4 Å². The van der Waals surface area contributed by atoms with Crippen LogP contribution < -0.4 is 10.2 Å². The van der Waals surface area contributed by atoms with Crippen molar-refractivity contribution in [2.75, 3.05) is 12.0 Å². The number of nitrogens with zero attached hydrogens (tertiary/aromatic N) is 2. The van der Waals surface area contributed by atoms with E-state index < -0.39 is 17.5 Å². The van der Waals surface area contributed by atoms with Crippen molar-refractivity contribution in [2.45, 2.75) is 0 Å². The molecule has 0 radical (unpaired) electrons. The second-order valence-corrected chi connectivity index (χ2v) is 4.95. The number of aliphatic carboxylic acids is 1. The molecule has 0 saturated carbocycles. The van der Waals surface area contributed by atoms with Gasteiger partial charge in [-0.3, -0.25) is 15.5 Å². The van der Waals surface area contributed by atoms with Gasteiger partial charge in [0.1, 0.15) is 5.75 Å². The van der Waals surface area contributed by atoms with Gasteiger partial charge in [0.2, 0.25) is 0 Å². The maximum atomic E-state index is 10.6. The topological polar surface area (TPSA) is 114 Å². The van der Waals surface area contributed by atoms with Crippen molar-refractivity contribution in [1.29, 1.82) is 0 Å². The SMILES string of the molecule is O=C(O)COc1ccc(/C=N/Nc2ccc([N+](=O)[O-])cc2)cc1Cl. The number of carbonyl (C=O) groups is 1. The van der Waals surface area contributed by atoms with E-state index in [1.54, 1.807) is 18.2 Å². The van der Waals surface area contributed by atoms with Crippen molar-refractivity contribution < 1.29 is 19.6 Å². The van der Waals surface area contributed by atoms with Gasteiger partial charge in [0.05, 0.1) is 21.8 Å². The summed E-state index contributed by atoms with van der Waals surface area (Å²) in [7, 11) is 0. The predicted octanol–water partition coefficient (Wildman–Crippen LogP) is 3.16. The molecular weight excluding hydrogens is 338 g/mol. The van der Waals surface area contributed by atoms with Gasteiger partial charge >= 0.3 is 5.97 Å². The number of rotatable bonds is 7. The zero-order valence-electron chi connectivity index (χ0n) is 12.2. The highest BCUT2D eigenvalue weighted by atomic mass is 35.5. The molecule has 124 valence electrons. The molecular formula is C15H12ClN3O5. The van der Waals surface area contributed by atoms with E-state index in [9.17, 15) is 14.9 Å². The molecule has 8 nitrogen and oxygen atoms in total. The fourth-order valence-corrected chi connectivity index (χ4v) is 1.94. The monoisotopic (exact) mass is 349 g/mol. The highest BCUT2D eigenvalue weighted by Gasteiger charge is 2.05. The van der Waals surface area contributed by atoms with Gasteiger partial charge in [-0.25, -0.2) is 4.79 Å². The molecule has 0 fully saturated rings. The van der Waals surface area contributed by atoms with Crippen LogP contribution in [0.3, 0.4) is 0 Å². The van der Waals surface area contributed by atoms with E-state index in [-0.39, 0.29) is 16.5 Å². The Morgan fingerprint density at radius 3 is 2.62 bits per heavy atom. The summed E-state index contributed by atoms with van der Waals surface area (Å²) in [5.74, 6) is -0.830. The van der Waals surface area contributed by atoms with Crippen molar-refractivity contribution >= 4 is 35.2 Å². The van der Waals surface area contributed by atoms with E-state index in [1.807, 2.05) is 0 Å². The molecule has 0 bridgehead atoms. The summed E-state index contributed by atoms with van der Waals surface area (Å²) >= 11 is 5.99. The van der Waals surface area contributed by atoms with Crippen LogP contribution in [0.25, 0.3) is 0 Å². The minimum atomic E-state index is -1.09. The number of nitrogens with one attached hydrogen (secondary N) is 1. The van der Waals surface area contributed by atoms with Crippen molar-refractivity contribution in [3.63, 3.8) is 0 Å². The number of halogens is 1. The standard InChI is InChI=1S/C15H12ClN3O5/c16-13-7-10(1-6-14(13)24-9-15(20)21)8-17-18-11-2-4-12(5-3-11)19(22)23/h1-8,18H,9H2,(H,20,21)/b17-8+. The van der Waals surface area contributed by atoms with Crippen LogP contribution in [-0.2, 0) is 4.79 Å². The average molecular weight is 350 g/mol. The van der Waals surface area contributed by atoms with Gasteiger partial charge < -0.3 is 9.84 Å². The number of nitro benzene ring substituents is 1. The molecule has 2 aromatic rings. The number of hydrogen-bond donors (Lipinski definition) is 2. The Bertz CT molecular complexity index is 777. The van der Waals surface area contributed by atoms with Gasteiger partial charge in [0, 0.05) is 12.1 Å². The van der Waals surface area contributed by atoms with Gasteiger partial charge in [-0.2, -0.15) is 5.10 Å². The molecule has 0 amide bonds. The molecule has 2 aromatic carbocycles. The lowest BCUT2D eigenvalue weighted by molar-refractivity contribution is -0.384. The Balaban J connectivity index is 1.97. The van der Waals surface area contributed by atoms with Crippen molar-refractivity contribution in [1.82, 2.24) is 0 Å². The lowest BCUT2D eigenvalue weighted by Crippen LogP contribution is -2.09. The lowest BCUT2D eigenvalue weighted by atomic mass is 10.2. The number of hydrogen-bond acceptors (Lipinski definition) is 6. The molecule has 2 N–H and O–H groups in total. The molecule has 0 aliphatic rings. The number of carboxylic acid groups (broad SMARTS) is 1. The Hall–Kier alpha value is -3.13. The molecule has 0 spiro atoms. The summed E-state index contributed by atoms with van der Waals surface area (Å²) in [5.41, 5.74) is 3.97. The number of benzene rings is 2. The van der Waals surface area contributed by atoms with E-state index >= 15 is 0 Å². The third-order valence-corrected chi connectivity index (χ3v) is 3.09. The second kappa shape index (κ2) is 7.93. The number of hydrazone groups is 1. The summed E-state index contributed by atoms with van der Waals surface area (Å²) in [5, 5.41) is 23.4. The van der Waals surface area contributed by atoms with E-state index in [2.05, 4.69) is 10.5 Å². The minimum Gasteiger partial charge on any atom is -0.480 e. The first-order valence-electron chi connectivity index (χ1n) is 6.63. The van der Waals surface area contributed by atoms with Crippen LogP contribution >= 0.6 is 11.6 Å². The van der Waals surface area contributed by atoms with E-state index in [1.165, 1.54) is 30.5 Å². The predicted molar refractivity (Wildman–Crippen MR) is 88.9 cm³/mol. The molecule has 0 aliphatic carbocycles. The first kappa shape index (κ1) is 17.2. The minimum absolute atomic E-state index is 0.00624. The molecule has 24 heavy (non-hydrogen) atoms. The molecule has 0 saturated heterocycles. The normalized spacial score (nSPS) is 10.5. The molecule has 0 atom stereocenters. The molecule has 0 aromatic heterocycles. The summed E-state index contributed by atoms with van der Waals surface area (Å²) in [4.78, 5) is 20.5. The molecule has 2 rings (SSSR count). The number of carboxylic acids is 1. The van der Waals surface area contributed by atoms with Gasteiger partial charge in [-0.15, -0.1) is 0 Å². The molecule has 0 unspecified atom stereocenters. The zero-order valence-corrected chi connectivity index (χ0v) is 12.9. The van der Waals surface area contributed by atoms with Crippen LogP contribution in [0.15, 0.2) is 47.6 Å². The van der Waals surface area contributed by atoms with Crippen LogP contribution in [0.2, 0.25) is 5.02 Å².